The predicted octanol–water partition coefficient (Wildman–Crippen LogP) is 1.32. The molecule has 0 bridgehead atoms. The van der Waals surface area contributed by atoms with E-state index in [1.165, 1.54) is 6.33 Å². The Morgan fingerprint density at radius 1 is 1.43 bits per heavy atom. The standard InChI is InChI=1S/C13H18N6O.ClH/c1-9-4-5-10(16-12(20)13(2,3)7-14)6-11(9)19-8-15-17-18-19;/h4-6,8H,7,14H2,1-3H3,(H,16,20);1H. The Kier molecular flexibility index (Phi) is 5.40. The van der Waals surface area contributed by atoms with Gasteiger partial charge in [-0.1, -0.05) is 6.07 Å². The molecule has 0 fully saturated rings. The van der Waals surface area contributed by atoms with Crippen molar-refractivity contribution in [2.45, 2.75) is 20.8 Å². The molecule has 2 rings (SSSR count). The first-order valence-corrected chi connectivity index (χ1v) is 6.29. The predicted molar refractivity (Wildman–Crippen MR) is 82.6 cm³/mol. The van der Waals surface area contributed by atoms with E-state index in [0.717, 1.165) is 11.3 Å². The van der Waals surface area contributed by atoms with E-state index < -0.39 is 5.41 Å². The van der Waals surface area contributed by atoms with Gasteiger partial charge in [0.2, 0.25) is 5.91 Å². The van der Waals surface area contributed by atoms with Gasteiger partial charge in [-0.05, 0) is 48.9 Å². The monoisotopic (exact) mass is 310 g/mol. The minimum absolute atomic E-state index is 0. The number of nitrogens with one attached hydrogen (secondary N) is 1. The van der Waals surface area contributed by atoms with Crippen LogP contribution in [0.2, 0.25) is 0 Å². The Bertz CT molecular complexity index is 611. The van der Waals surface area contributed by atoms with Crippen molar-refractivity contribution in [2.75, 3.05) is 11.9 Å². The Hall–Kier alpha value is -1.99. The lowest BCUT2D eigenvalue weighted by Crippen LogP contribution is -2.37. The molecule has 7 nitrogen and oxygen atoms in total. The fourth-order valence-electron chi connectivity index (χ4n) is 1.60. The van der Waals surface area contributed by atoms with Crippen LogP contribution in [0.4, 0.5) is 5.69 Å². The summed E-state index contributed by atoms with van der Waals surface area (Å²) in [5, 5.41) is 13.9. The van der Waals surface area contributed by atoms with Gasteiger partial charge < -0.3 is 11.1 Å². The van der Waals surface area contributed by atoms with E-state index in [9.17, 15) is 4.79 Å². The summed E-state index contributed by atoms with van der Waals surface area (Å²) in [5.41, 5.74) is 7.50. The zero-order chi connectivity index (χ0) is 14.8. The van der Waals surface area contributed by atoms with Crippen LogP contribution in [0.15, 0.2) is 24.5 Å². The third-order valence-corrected chi connectivity index (χ3v) is 3.19. The van der Waals surface area contributed by atoms with Gasteiger partial charge in [0, 0.05) is 12.2 Å². The fourth-order valence-corrected chi connectivity index (χ4v) is 1.60. The molecule has 0 unspecified atom stereocenters. The summed E-state index contributed by atoms with van der Waals surface area (Å²) in [6.07, 6.45) is 1.51. The van der Waals surface area contributed by atoms with Crippen molar-refractivity contribution < 1.29 is 4.79 Å². The summed E-state index contributed by atoms with van der Waals surface area (Å²) < 4.78 is 1.55. The van der Waals surface area contributed by atoms with E-state index in [1.807, 2.05) is 25.1 Å². The van der Waals surface area contributed by atoms with E-state index in [2.05, 4.69) is 20.8 Å². The highest BCUT2D eigenvalue weighted by Crippen LogP contribution is 2.21. The second kappa shape index (κ2) is 6.64. The maximum atomic E-state index is 12.1. The minimum Gasteiger partial charge on any atom is -0.329 e. The zero-order valence-corrected chi connectivity index (χ0v) is 13.0. The van der Waals surface area contributed by atoms with Crippen LogP contribution in [-0.2, 0) is 4.79 Å². The molecule has 0 spiro atoms. The van der Waals surface area contributed by atoms with Gasteiger partial charge in [-0.25, -0.2) is 4.68 Å². The lowest BCUT2D eigenvalue weighted by atomic mass is 9.92. The number of aryl methyl sites for hydroxylation is 1. The van der Waals surface area contributed by atoms with Crippen molar-refractivity contribution in [3.8, 4) is 5.69 Å². The molecule has 0 aliphatic heterocycles. The Balaban J connectivity index is 0.00000220. The number of halogens is 1. The number of carbonyl (C=O) groups excluding carboxylic acids is 1. The topological polar surface area (TPSA) is 98.7 Å². The molecule has 1 aromatic heterocycles. The summed E-state index contributed by atoms with van der Waals surface area (Å²) in [6, 6.07) is 5.58. The van der Waals surface area contributed by atoms with Crippen LogP contribution < -0.4 is 11.1 Å². The molecule has 0 aliphatic rings. The molecule has 21 heavy (non-hydrogen) atoms. The smallest absolute Gasteiger partial charge is 0.231 e. The highest BCUT2D eigenvalue weighted by molar-refractivity contribution is 5.95. The number of hydrogen-bond acceptors (Lipinski definition) is 5. The number of nitrogens with two attached hydrogens (primary N) is 1. The second-order valence-electron chi connectivity index (χ2n) is 5.30. The lowest BCUT2D eigenvalue weighted by Gasteiger charge is -2.21. The maximum Gasteiger partial charge on any atom is 0.231 e. The highest BCUT2D eigenvalue weighted by atomic mass is 35.5. The summed E-state index contributed by atoms with van der Waals surface area (Å²) >= 11 is 0. The first-order valence-electron chi connectivity index (χ1n) is 6.29. The first-order chi connectivity index (χ1) is 9.44. The number of rotatable bonds is 4. The summed E-state index contributed by atoms with van der Waals surface area (Å²) in [5.74, 6) is -0.119. The van der Waals surface area contributed by atoms with Crippen molar-refractivity contribution in [3.63, 3.8) is 0 Å². The maximum absolute atomic E-state index is 12.1. The van der Waals surface area contributed by atoms with Crippen LogP contribution in [0, 0.1) is 12.3 Å². The summed E-state index contributed by atoms with van der Waals surface area (Å²) in [4.78, 5) is 12.1. The van der Waals surface area contributed by atoms with Crippen molar-refractivity contribution in [1.82, 2.24) is 20.2 Å². The number of carbonyl (C=O) groups is 1. The van der Waals surface area contributed by atoms with Crippen LogP contribution >= 0.6 is 12.4 Å². The molecule has 1 aromatic carbocycles. The molecule has 2 aromatic rings. The molecule has 3 N–H and O–H groups in total. The number of hydrogen-bond donors (Lipinski definition) is 2. The quantitative estimate of drug-likeness (QED) is 0.887. The molecule has 0 aliphatic carbocycles. The molecule has 1 heterocycles. The van der Waals surface area contributed by atoms with Crippen LogP contribution in [0.1, 0.15) is 19.4 Å². The molecular weight excluding hydrogens is 292 g/mol. The molecule has 0 saturated heterocycles. The number of amides is 1. The molecule has 0 radical (unpaired) electrons. The average molecular weight is 311 g/mol. The summed E-state index contributed by atoms with van der Waals surface area (Å²) in [7, 11) is 0. The van der Waals surface area contributed by atoms with E-state index in [1.54, 1.807) is 18.5 Å². The second-order valence-corrected chi connectivity index (χ2v) is 5.30. The molecule has 114 valence electrons. The van der Waals surface area contributed by atoms with Crippen LogP contribution in [0.3, 0.4) is 0 Å². The highest BCUT2D eigenvalue weighted by Gasteiger charge is 2.25. The van der Waals surface area contributed by atoms with Crippen molar-refractivity contribution in [2.24, 2.45) is 11.1 Å². The summed E-state index contributed by atoms with van der Waals surface area (Å²) in [6.45, 7) is 5.84. The van der Waals surface area contributed by atoms with Crippen LogP contribution in [-0.4, -0.2) is 32.7 Å². The molecule has 8 heteroatoms. The van der Waals surface area contributed by atoms with Crippen molar-refractivity contribution in [1.29, 1.82) is 0 Å². The molecule has 0 saturated carbocycles. The lowest BCUT2D eigenvalue weighted by molar-refractivity contribution is -0.123. The van der Waals surface area contributed by atoms with E-state index in [4.69, 9.17) is 5.73 Å². The molecule has 0 atom stereocenters. The zero-order valence-electron chi connectivity index (χ0n) is 12.2. The average Bonchev–Trinajstić information content (AvgIpc) is 2.94. The van der Waals surface area contributed by atoms with Gasteiger partial charge in [-0.3, -0.25) is 4.79 Å². The number of tetrazole rings is 1. The van der Waals surface area contributed by atoms with Gasteiger partial charge in [0.15, 0.2) is 0 Å². The largest absolute Gasteiger partial charge is 0.329 e. The van der Waals surface area contributed by atoms with Crippen molar-refractivity contribution >= 4 is 24.0 Å². The Morgan fingerprint density at radius 2 is 2.14 bits per heavy atom. The van der Waals surface area contributed by atoms with Crippen LogP contribution in [0.25, 0.3) is 5.69 Å². The molecular formula is C13H19ClN6O. The van der Waals surface area contributed by atoms with E-state index in [0.29, 0.717) is 5.69 Å². The Labute approximate surface area is 129 Å². The minimum atomic E-state index is -0.611. The first kappa shape index (κ1) is 17.1. The van der Waals surface area contributed by atoms with Crippen LogP contribution in [0.5, 0.6) is 0 Å². The fraction of sp³-hybridized carbons (Fsp3) is 0.385. The van der Waals surface area contributed by atoms with Gasteiger partial charge in [0.25, 0.3) is 0 Å². The van der Waals surface area contributed by atoms with E-state index in [-0.39, 0.29) is 24.9 Å². The van der Waals surface area contributed by atoms with Gasteiger partial charge in [0.1, 0.15) is 6.33 Å². The van der Waals surface area contributed by atoms with E-state index >= 15 is 0 Å². The number of benzene rings is 1. The normalized spacial score (nSPS) is 10.9. The Morgan fingerprint density at radius 3 is 2.71 bits per heavy atom. The number of anilines is 1. The SMILES string of the molecule is Cc1ccc(NC(=O)C(C)(C)CN)cc1-n1cnnn1.Cl. The van der Waals surface area contributed by atoms with Gasteiger partial charge >= 0.3 is 0 Å². The molecule has 1 amide bonds. The van der Waals surface area contributed by atoms with Gasteiger partial charge in [0.05, 0.1) is 11.1 Å². The third-order valence-electron chi connectivity index (χ3n) is 3.19. The van der Waals surface area contributed by atoms with Gasteiger partial charge in [-0.2, -0.15) is 0 Å². The van der Waals surface area contributed by atoms with Crippen molar-refractivity contribution in [3.05, 3.63) is 30.1 Å². The number of nitrogens with zero attached hydrogens (tertiary/aromatic N) is 4. The number of aromatic nitrogens is 4. The third kappa shape index (κ3) is 3.77. The van der Waals surface area contributed by atoms with Gasteiger partial charge in [-0.15, -0.1) is 17.5 Å².